The molecular formula is C19H12N2O5. The number of nitrogens with one attached hydrogen (secondary N) is 1. The van der Waals surface area contributed by atoms with E-state index in [1.807, 2.05) is 0 Å². The highest BCUT2D eigenvalue weighted by Gasteiger charge is 2.38. The summed E-state index contributed by atoms with van der Waals surface area (Å²) in [5.41, 5.74) is 1.26. The third-order valence-electron chi connectivity index (χ3n) is 3.57. The Kier molecular flexibility index (Phi) is 4.50. The zero-order chi connectivity index (χ0) is 18.7. The van der Waals surface area contributed by atoms with Crippen LogP contribution >= 0.6 is 0 Å². The van der Waals surface area contributed by atoms with Gasteiger partial charge in [0.15, 0.2) is 0 Å². The van der Waals surface area contributed by atoms with Gasteiger partial charge in [0.1, 0.15) is 6.42 Å². The SMILES string of the molecule is C#Cc1cccc(NC(=O)CC(=O)ON2C(=O)c3ccccc3C2=O)c1. The number of imide groups is 1. The van der Waals surface area contributed by atoms with Crippen LogP contribution in [0, 0.1) is 12.3 Å². The van der Waals surface area contributed by atoms with Crippen LogP contribution in [0.15, 0.2) is 48.5 Å². The van der Waals surface area contributed by atoms with Gasteiger partial charge in [-0.3, -0.25) is 14.4 Å². The summed E-state index contributed by atoms with van der Waals surface area (Å²) < 4.78 is 0. The summed E-state index contributed by atoms with van der Waals surface area (Å²) in [6, 6.07) is 12.6. The number of nitrogens with zero attached hydrogens (tertiary/aromatic N) is 1. The Bertz CT molecular complexity index is 939. The van der Waals surface area contributed by atoms with Crippen molar-refractivity contribution in [1.29, 1.82) is 0 Å². The molecule has 1 N–H and O–H groups in total. The first-order valence-corrected chi connectivity index (χ1v) is 7.54. The van der Waals surface area contributed by atoms with E-state index in [-0.39, 0.29) is 11.1 Å². The summed E-state index contributed by atoms with van der Waals surface area (Å²) in [6.45, 7) is 0. The van der Waals surface area contributed by atoms with Crippen LogP contribution in [0.3, 0.4) is 0 Å². The molecule has 128 valence electrons. The summed E-state index contributed by atoms with van der Waals surface area (Å²) in [5.74, 6) is -0.777. The maximum absolute atomic E-state index is 12.1. The minimum absolute atomic E-state index is 0.140. The fraction of sp³-hybridized carbons (Fsp3) is 0.0526. The van der Waals surface area contributed by atoms with E-state index >= 15 is 0 Å². The van der Waals surface area contributed by atoms with E-state index in [0.717, 1.165) is 0 Å². The lowest BCUT2D eigenvalue weighted by molar-refractivity contribution is -0.169. The predicted molar refractivity (Wildman–Crippen MR) is 90.7 cm³/mol. The number of benzene rings is 2. The monoisotopic (exact) mass is 348 g/mol. The number of carbonyl (C=O) groups is 4. The molecule has 0 bridgehead atoms. The average Bonchev–Trinajstić information content (AvgIpc) is 2.87. The predicted octanol–water partition coefficient (Wildman–Crippen LogP) is 1.75. The van der Waals surface area contributed by atoms with Gasteiger partial charge in [0.05, 0.1) is 11.1 Å². The van der Waals surface area contributed by atoms with Gasteiger partial charge in [0.2, 0.25) is 5.91 Å². The topological polar surface area (TPSA) is 92.8 Å². The van der Waals surface area contributed by atoms with Crippen molar-refractivity contribution in [3.05, 3.63) is 65.2 Å². The highest BCUT2D eigenvalue weighted by atomic mass is 16.7. The highest BCUT2D eigenvalue weighted by molar-refractivity contribution is 6.21. The molecule has 26 heavy (non-hydrogen) atoms. The molecule has 1 heterocycles. The molecule has 3 amide bonds. The zero-order valence-electron chi connectivity index (χ0n) is 13.4. The molecule has 2 aromatic rings. The fourth-order valence-electron chi connectivity index (χ4n) is 2.41. The number of terminal acetylenes is 1. The van der Waals surface area contributed by atoms with Crippen molar-refractivity contribution in [2.24, 2.45) is 0 Å². The van der Waals surface area contributed by atoms with Crippen LogP contribution in [0.2, 0.25) is 0 Å². The number of hydrogen-bond acceptors (Lipinski definition) is 5. The number of rotatable bonds is 4. The number of carbonyl (C=O) groups excluding carboxylic acids is 4. The standard InChI is InChI=1S/C19H12N2O5/c1-2-12-6-5-7-13(10-12)20-16(22)11-17(23)26-21-18(24)14-8-3-4-9-15(14)19(21)25/h1,3-10H,11H2,(H,20,22). The molecule has 0 aromatic heterocycles. The molecule has 1 aliphatic rings. The van der Waals surface area contributed by atoms with Crippen LogP contribution in [0.5, 0.6) is 0 Å². The van der Waals surface area contributed by atoms with Crippen LogP contribution < -0.4 is 5.32 Å². The van der Waals surface area contributed by atoms with Crippen molar-refractivity contribution >= 4 is 29.4 Å². The third kappa shape index (κ3) is 3.30. The van der Waals surface area contributed by atoms with Gasteiger partial charge >= 0.3 is 5.97 Å². The summed E-state index contributed by atoms with van der Waals surface area (Å²) >= 11 is 0. The van der Waals surface area contributed by atoms with Gasteiger partial charge < -0.3 is 10.2 Å². The molecule has 0 saturated heterocycles. The lowest BCUT2D eigenvalue weighted by Crippen LogP contribution is -2.33. The summed E-state index contributed by atoms with van der Waals surface area (Å²) in [6.07, 6.45) is 4.60. The quantitative estimate of drug-likeness (QED) is 0.516. The second kappa shape index (κ2) is 6.91. The maximum atomic E-state index is 12.1. The third-order valence-corrected chi connectivity index (χ3v) is 3.57. The maximum Gasteiger partial charge on any atom is 0.342 e. The summed E-state index contributed by atoms with van der Waals surface area (Å²) in [7, 11) is 0. The Morgan fingerprint density at radius 2 is 1.69 bits per heavy atom. The van der Waals surface area contributed by atoms with E-state index in [2.05, 4.69) is 11.2 Å². The first kappa shape index (κ1) is 16.9. The van der Waals surface area contributed by atoms with Gasteiger partial charge in [-0.25, -0.2) is 4.79 Å². The number of amides is 3. The van der Waals surface area contributed by atoms with Crippen LogP contribution in [-0.2, 0) is 14.4 Å². The van der Waals surface area contributed by atoms with E-state index in [9.17, 15) is 19.2 Å². The van der Waals surface area contributed by atoms with Gasteiger partial charge in [0.25, 0.3) is 11.8 Å². The van der Waals surface area contributed by atoms with E-state index in [0.29, 0.717) is 16.3 Å². The molecule has 7 heteroatoms. The van der Waals surface area contributed by atoms with Crippen LogP contribution in [0.25, 0.3) is 0 Å². The van der Waals surface area contributed by atoms with Gasteiger partial charge in [-0.15, -0.1) is 6.42 Å². The zero-order valence-corrected chi connectivity index (χ0v) is 13.4. The molecule has 2 aromatic carbocycles. The van der Waals surface area contributed by atoms with Crippen molar-refractivity contribution in [1.82, 2.24) is 5.06 Å². The normalized spacial score (nSPS) is 12.3. The Balaban J connectivity index is 1.61. The second-order valence-corrected chi connectivity index (χ2v) is 5.36. The molecule has 0 fully saturated rings. The smallest absolute Gasteiger partial charge is 0.329 e. The number of anilines is 1. The van der Waals surface area contributed by atoms with Gasteiger partial charge in [0, 0.05) is 11.3 Å². The first-order chi connectivity index (χ1) is 12.5. The Morgan fingerprint density at radius 1 is 1.04 bits per heavy atom. The minimum Gasteiger partial charge on any atom is -0.329 e. The molecule has 0 aliphatic carbocycles. The van der Waals surface area contributed by atoms with Crippen LogP contribution in [0.4, 0.5) is 5.69 Å². The van der Waals surface area contributed by atoms with Crippen molar-refractivity contribution in [2.45, 2.75) is 6.42 Å². The fourth-order valence-corrected chi connectivity index (χ4v) is 2.41. The van der Waals surface area contributed by atoms with Gasteiger partial charge in [-0.2, -0.15) is 0 Å². The van der Waals surface area contributed by atoms with Gasteiger partial charge in [-0.1, -0.05) is 29.2 Å². The van der Waals surface area contributed by atoms with E-state index < -0.39 is 30.1 Å². The molecular weight excluding hydrogens is 336 g/mol. The molecule has 0 radical (unpaired) electrons. The Hall–Kier alpha value is -3.92. The number of fused-ring (bicyclic) bond motifs is 1. The highest BCUT2D eigenvalue weighted by Crippen LogP contribution is 2.22. The Morgan fingerprint density at radius 3 is 2.31 bits per heavy atom. The molecule has 7 nitrogen and oxygen atoms in total. The van der Waals surface area contributed by atoms with Crippen molar-refractivity contribution in [3.63, 3.8) is 0 Å². The molecule has 0 atom stereocenters. The second-order valence-electron chi connectivity index (χ2n) is 5.36. The minimum atomic E-state index is -1.04. The lowest BCUT2D eigenvalue weighted by atomic mass is 10.1. The van der Waals surface area contributed by atoms with Crippen LogP contribution in [0.1, 0.15) is 32.7 Å². The van der Waals surface area contributed by atoms with Crippen molar-refractivity contribution in [2.75, 3.05) is 5.32 Å². The first-order valence-electron chi connectivity index (χ1n) is 7.54. The molecule has 3 rings (SSSR count). The summed E-state index contributed by atoms with van der Waals surface area (Å²) in [4.78, 5) is 52.8. The van der Waals surface area contributed by atoms with E-state index in [1.54, 1.807) is 36.4 Å². The molecule has 0 unspecified atom stereocenters. The number of hydrogen-bond donors (Lipinski definition) is 1. The number of hydroxylamine groups is 2. The average molecular weight is 348 g/mol. The van der Waals surface area contributed by atoms with E-state index in [4.69, 9.17) is 11.3 Å². The van der Waals surface area contributed by atoms with Gasteiger partial charge in [-0.05, 0) is 30.3 Å². The lowest BCUT2D eigenvalue weighted by Gasteiger charge is -2.12. The Labute approximate surface area is 148 Å². The van der Waals surface area contributed by atoms with E-state index in [1.165, 1.54) is 12.1 Å². The van der Waals surface area contributed by atoms with Crippen LogP contribution in [-0.4, -0.2) is 28.8 Å². The van der Waals surface area contributed by atoms with Crippen molar-refractivity contribution < 1.29 is 24.0 Å². The molecule has 0 spiro atoms. The molecule has 0 saturated carbocycles. The molecule has 1 aliphatic heterocycles. The largest absolute Gasteiger partial charge is 0.342 e. The van der Waals surface area contributed by atoms with Crippen molar-refractivity contribution in [3.8, 4) is 12.3 Å². The summed E-state index contributed by atoms with van der Waals surface area (Å²) in [5, 5.41) is 2.85.